The van der Waals surface area contributed by atoms with Gasteiger partial charge in [0.05, 0.1) is 0 Å². The Morgan fingerprint density at radius 2 is 1.26 bits per heavy atom. The van der Waals surface area contributed by atoms with Gasteiger partial charge in [0.15, 0.2) is 0 Å². The number of hydrogen-bond acceptors (Lipinski definition) is 3. The predicted octanol–water partition coefficient (Wildman–Crippen LogP) is 0.971. The van der Waals surface area contributed by atoms with E-state index < -0.39 is 13.4 Å². The second-order valence-electron chi connectivity index (χ2n) is 3.42. The van der Waals surface area contributed by atoms with Crippen molar-refractivity contribution in [2.24, 2.45) is 0 Å². The standard InChI is InChI=1S/C9H11NO.2CH4.2H3O3PS/c1-8(11)10-7-9-5-3-2-4-6-9;;;2*1-4(2,3)5/h2-6H,7H2,1H3,(H,10,11);2*1H4;2*(H3,1,2,3,5). The van der Waals surface area contributed by atoms with Crippen LogP contribution in [0.1, 0.15) is 27.3 Å². The minimum atomic E-state index is -3.81. The van der Waals surface area contributed by atoms with Crippen molar-refractivity contribution in [2.75, 3.05) is 0 Å². The zero-order valence-electron chi connectivity index (χ0n) is 10.9. The Kier molecular flexibility index (Phi) is 20.3. The van der Waals surface area contributed by atoms with Crippen molar-refractivity contribution in [2.45, 2.75) is 28.3 Å². The molecule has 0 aliphatic heterocycles. The third-order valence-electron chi connectivity index (χ3n) is 1.38. The van der Waals surface area contributed by atoms with Crippen molar-refractivity contribution >= 4 is 43.0 Å². The molecule has 0 heterocycles. The average Bonchev–Trinajstić information content (AvgIpc) is 2.23. The van der Waals surface area contributed by atoms with Crippen LogP contribution in [0, 0.1) is 0 Å². The van der Waals surface area contributed by atoms with E-state index in [9.17, 15) is 4.79 Å². The van der Waals surface area contributed by atoms with Crippen LogP contribution in [-0.2, 0) is 35.0 Å². The Balaban J connectivity index is -0.000000129. The molecule has 8 nitrogen and oxygen atoms in total. The van der Waals surface area contributed by atoms with Gasteiger partial charge in [0.2, 0.25) is 5.91 Å². The number of carbonyl (C=O) groups excluding carboxylic acids is 1. The Hall–Kier alpha value is -0.250. The first-order chi connectivity index (χ1) is 9.29. The Morgan fingerprint density at radius 3 is 1.52 bits per heavy atom. The summed E-state index contributed by atoms with van der Waals surface area (Å²) in [5, 5.41) is 2.72. The van der Waals surface area contributed by atoms with Crippen LogP contribution in [0.4, 0.5) is 0 Å². The molecular formula is C11H25NO7P2S2. The summed E-state index contributed by atoms with van der Waals surface area (Å²) in [6, 6.07) is 9.83. The fourth-order valence-corrected chi connectivity index (χ4v) is 0.822. The first kappa shape index (κ1) is 30.6. The summed E-state index contributed by atoms with van der Waals surface area (Å²) in [6.07, 6.45) is 0. The van der Waals surface area contributed by atoms with Crippen LogP contribution in [-0.4, -0.2) is 35.3 Å². The van der Waals surface area contributed by atoms with Gasteiger partial charge in [-0.25, -0.2) is 0 Å². The lowest BCUT2D eigenvalue weighted by Gasteiger charge is -2.00. The molecule has 0 spiro atoms. The summed E-state index contributed by atoms with van der Waals surface area (Å²) in [6.45, 7) is -5.47. The minimum absolute atomic E-state index is 0. The molecule has 1 aromatic carbocycles. The van der Waals surface area contributed by atoms with Gasteiger partial charge < -0.3 is 34.7 Å². The molecule has 23 heavy (non-hydrogen) atoms. The van der Waals surface area contributed by atoms with Crippen LogP contribution in [0.3, 0.4) is 0 Å². The van der Waals surface area contributed by atoms with E-state index in [1.54, 1.807) is 0 Å². The second-order valence-corrected chi connectivity index (χ2v) is 8.41. The number of hydrogen-bond donors (Lipinski definition) is 7. The quantitative estimate of drug-likeness (QED) is 0.355. The van der Waals surface area contributed by atoms with Crippen molar-refractivity contribution in [3.05, 3.63) is 35.9 Å². The van der Waals surface area contributed by atoms with E-state index in [0.717, 1.165) is 5.56 Å². The monoisotopic (exact) mass is 409 g/mol. The van der Waals surface area contributed by atoms with Crippen LogP contribution in [0.15, 0.2) is 30.3 Å². The van der Waals surface area contributed by atoms with E-state index in [1.807, 2.05) is 30.3 Å². The van der Waals surface area contributed by atoms with Gasteiger partial charge in [-0.05, 0) is 29.2 Å². The van der Waals surface area contributed by atoms with Gasteiger partial charge >= 0.3 is 13.4 Å². The van der Waals surface area contributed by atoms with Gasteiger partial charge in [-0.2, -0.15) is 0 Å². The van der Waals surface area contributed by atoms with Crippen LogP contribution < -0.4 is 5.32 Å². The summed E-state index contributed by atoms with van der Waals surface area (Å²) >= 11 is 7.21. The maximum atomic E-state index is 10.5. The number of amides is 1. The predicted molar refractivity (Wildman–Crippen MR) is 99.3 cm³/mol. The summed E-state index contributed by atoms with van der Waals surface area (Å²) in [5.41, 5.74) is 1.13. The van der Waals surface area contributed by atoms with Crippen molar-refractivity contribution in [3.63, 3.8) is 0 Å². The lowest BCUT2D eigenvalue weighted by molar-refractivity contribution is -0.119. The number of carbonyl (C=O) groups is 1. The third-order valence-corrected chi connectivity index (χ3v) is 1.38. The van der Waals surface area contributed by atoms with Crippen molar-refractivity contribution in [1.82, 2.24) is 5.32 Å². The smallest absolute Gasteiger partial charge is 0.319 e. The molecule has 1 amide bonds. The molecule has 0 bridgehead atoms. The maximum absolute atomic E-state index is 10.5. The van der Waals surface area contributed by atoms with Crippen molar-refractivity contribution < 1.29 is 34.2 Å². The van der Waals surface area contributed by atoms with Gasteiger partial charge in [-0.15, -0.1) is 0 Å². The Labute approximate surface area is 147 Å². The summed E-state index contributed by atoms with van der Waals surface area (Å²) in [7, 11) is 0. The van der Waals surface area contributed by atoms with Crippen LogP contribution in [0.5, 0.6) is 0 Å². The molecule has 0 aromatic heterocycles. The molecule has 0 aliphatic carbocycles. The molecule has 0 unspecified atom stereocenters. The average molecular weight is 409 g/mol. The molecule has 1 rings (SSSR count). The highest BCUT2D eigenvalue weighted by atomic mass is 32.5. The maximum Gasteiger partial charge on any atom is 0.319 e. The van der Waals surface area contributed by atoms with Crippen molar-refractivity contribution in [1.29, 1.82) is 0 Å². The van der Waals surface area contributed by atoms with Crippen LogP contribution in [0.25, 0.3) is 0 Å². The van der Waals surface area contributed by atoms with E-state index in [2.05, 4.69) is 28.9 Å². The van der Waals surface area contributed by atoms with E-state index in [-0.39, 0.29) is 20.8 Å². The normalized spacial score (nSPS) is 9.52. The molecule has 0 saturated carbocycles. The van der Waals surface area contributed by atoms with E-state index in [0.29, 0.717) is 6.54 Å². The first-order valence-electron chi connectivity index (χ1n) is 5.14. The Morgan fingerprint density at radius 1 is 0.957 bits per heavy atom. The molecule has 0 radical (unpaired) electrons. The summed E-state index contributed by atoms with van der Waals surface area (Å²) in [4.78, 5) is 55.9. The Bertz CT molecular complexity index is 468. The summed E-state index contributed by atoms with van der Waals surface area (Å²) < 4.78 is 0. The second kappa shape index (κ2) is 15.3. The highest BCUT2D eigenvalue weighted by Crippen LogP contribution is 2.26. The number of rotatable bonds is 2. The molecule has 1 aromatic rings. The summed E-state index contributed by atoms with van der Waals surface area (Å²) in [5.74, 6) is 0.00820. The molecule has 7 N–H and O–H groups in total. The fourth-order valence-electron chi connectivity index (χ4n) is 0.822. The highest BCUT2D eigenvalue weighted by molar-refractivity contribution is 8.06. The lowest BCUT2D eigenvalue weighted by Crippen LogP contribution is -2.18. The van der Waals surface area contributed by atoms with E-state index >= 15 is 0 Å². The molecule has 0 saturated heterocycles. The van der Waals surface area contributed by atoms with Crippen LogP contribution in [0.2, 0.25) is 0 Å². The molecule has 138 valence electrons. The minimum Gasteiger partial charge on any atom is -0.352 e. The first-order valence-corrected chi connectivity index (χ1v) is 10.5. The van der Waals surface area contributed by atoms with Gasteiger partial charge in [-0.1, -0.05) is 45.2 Å². The molecule has 0 atom stereocenters. The lowest BCUT2D eigenvalue weighted by atomic mass is 10.2. The SMILES string of the molecule is C.C.CC(=O)NCc1ccccc1.OP(O)(O)=S.OP(O)(O)=S. The van der Waals surface area contributed by atoms with Crippen molar-refractivity contribution in [3.8, 4) is 0 Å². The van der Waals surface area contributed by atoms with Gasteiger partial charge in [0, 0.05) is 13.5 Å². The highest BCUT2D eigenvalue weighted by Gasteiger charge is 1.93. The zero-order chi connectivity index (χ0) is 17.1. The van der Waals surface area contributed by atoms with Gasteiger partial charge in [0.1, 0.15) is 0 Å². The largest absolute Gasteiger partial charge is 0.352 e. The zero-order valence-corrected chi connectivity index (χ0v) is 14.3. The van der Waals surface area contributed by atoms with Gasteiger partial charge in [-0.3, -0.25) is 4.79 Å². The molecule has 0 fully saturated rings. The fraction of sp³-hybridized carbons (Fsp3) is 0.364. The third kappa shape index (κ3) is 52.2. The van der Waals surface area contributed by atoms with Crippen LogP contribution >= 0.6 is 13.4 Å². The number of nitrogens with one attached hydrogen (secondary N) is 1. The topological polar surface area (TPSA) is 150 Å². The van der Waals surface area contributed by atoms with Gasteiger partial charge in [0.25, 0.3) is 0 Å². The van der Waals surface area contributed by atoms with E-state index in [4.69, 9.17) is 29.4 Å². The molecule has 0 aliphatic rings. The molecular weight excluding hydrogens is 384 g/mol. The number of benzene rings is 1. The van der Waals surface area contributed by atoms with E-state index in [1.165, 1.54) is 6.92 Å². The molecule has 12 heteroatoms.